The fourth-order valence-corrected chi connectivity index (χ4v) is 1.69. The van der Waals surface area contributed by atoms with Gasteiger partial charge in [0.25, 0.3) is 0 Å². The van der Waals surface area contributed by atoms with E-state index >= 15 is 0 Å². The lowest BCUT2D eigenvalue weighted by molar-refractivity contribution is -0.118. The molecule has 1 aromatic carbocycles. The highest BCUT2D eigenvalue weighted by Crippen LogP contribution is 2.17. The Morgan fingerprint density at radius 3 is 2.84 bits per heavy atom. The van der Waals surface area contributed by atoms with Crippen LogP contribution in [0, 0.1) is 6.92 Å². The van der Waals surface area contributed by atoms with E-state index in [2.05, 4.69) is 5.32 Å². The van der Waals surface area contributed by atoms with Gasteiger partial charge in [-0.3, -0.25) is 4.79 Å². The molecule has 0 aliphatic carbocycles. The fraction of sp³-hybridized carbons (Fsp3) is 0.500. The van der Waals surface area contributed by atoms with Crippen molar-refractivity contribution in [2.75, 3.05) is 19.7 Å². The molecule has 0 spiro atoms. The molecular weight excluding hydrogens is 247 g/mol. The minimum absolute atomic E-state index is 0.0366. The van der Waals surface area contributed by atoms with Crippen molar-refractivity contribution >= 4 is 5.91 Å². The number of rotatable bonds is 7. The van der Waals surface area contributed by atoms with Crippen LogP contribution in [0.5, 0.6) is 5.75 Å². The lowest BCUT2D eigenvalue weighted by Gasteiger charge is -2.11. The van der Waals surface area contributed by atoms with E-state index in [0.717, 1.165) is 11.1 Å². The molecule has 0 aliphatic rings. The normalized spacial score (nSPS) is 12.0. The number of nitrogens with one attached hydrogen (secondary N) is 1. The first-order chi connectivity index (χ1) is 9.01. The predicted molar refractivity (Wildman–Crippen MR) is 73.0 cm³/mol. The number of carbonyl (C=O) groups is 1. The molecule has 1 atom stereocenters. The summed E-state index contributed by atoms with van der Waals surface area (Å²) < 4.78 is 18.4. The molecule has 0 fully saturated rings. The Kier molecular flexibility index (Phi) is 6.29. The van der Waals surface area contributed by atoms with Crippen molar-refractivity contribution in [3.63, 3.8) is 0 Å². The van der Waals surface area contributed by atoms with Crippen LogP contribution >= 0.6 is 0 Å². The fourth-order valence-electron chi connectivity index (χ4n) is 1.69. The van der Waals surface area contributed by atoms with E-state index in [4.69, 9.17) is 10.5 Å². The molecule has 0 saturated heterocycles. The van der Waals surface area contributed by atoms with Crippen LogP contribution in [0.2, 0.25) is 0 Å². The van der Waals surface area contributed by atoms with Crippen molar-refractivity contribution in [2.45, 2.75) is 26.4 Å². The van der Waals surface area contributed by atoms with Gasteiger partial charge in [-0.2, -0.15) is 0 Å². The van der Waals surface area contributed by atoms with Crippen molar-refractivity contribution in [2.24, 2.45) is 5.73 Å². The second kappa shape index (κ2) is 7.74. The standard InChI is InChI=1S/C14H21FN2O2/c1-10-5-12(3-4-17-11(2)18)7-14(6-10)19-9-13(15)8-16/h5-7,13H,3-4,8-9,16H2,1-2H3,(H,17,18)/t13-/m1/s1. The van der Waals surface area contributed by atoms with Gasteiger partial charge in [-0.05, 0) is 36.6 Å². The number of aryl methyl sites for hydroxylation is 1. The van der Waals surface area contributed by atoms with Crippen LogP contribution in [0.15, 0.2) is 18.2 Å². The number of hydrogen-bond donors (Lipinski definition) is 2. The number of amides is 1. The molecule has 19 heavy (non-hydrogen) atoms. The number of halogens is 1. The van der Waals surface area contributed by atoms with Gasteiger partial charge in [-0.25, -0.2) is 4.39 Å². The van der Waals surface area contributed by atoms with Gasteiger partial charge < -0.3 is 15.8 Å². The topological polar surface area (TPSA) is 64.3 Å². The molecule has 106 valence electrons. The van der Waals surface area contributed by atoms with Crippen LogP contribution in [0.4, 0.5) is 4.39 Å². The molecule has 1 amide bonds. The molecule has 0 radical (unpaired) electrons. The molecule has 4 nitrogen and oxygen atoms in total. The smallest absolute Gasteiger partial charge is 0.216 e. The minimum Gasteiger partial charge on any atom is -0.490 e. The lowest BCUT2D eigenvalue weighted by Crippen LogP contribution is -2.23. The summed E-state index contributed by atoms with van der Waals surface area (Å²) >= 11 is 0. The van der Waals surface area contributed by atoms with Gasteiger partial charge in [-0.1, -0.05) is 6.07 Å². The van der Waals surface area contributed by atoms with E-state index in [9.17, 15) is 9.18 Å². The minimum atomic E-state index is -1.15. The summed E-state index contributed by atoms with van der Waals surface area (Å²) in [5.41, 5.74) is 7.28. The first-order valence-electron chi connectivity index (χ1n) is 6.33. The van der Waals surface area contributed by atoms with Crippen LogP contribution in [0.3, 0.4) is 0 Å². The second-order valence-corrected chi connectivity index (χ2v) is 4.53. The summed E-state index contributed by atoms with van der Waals surface area (Å²) in [5.74, 6) is 0.585. The Labute approximate surface area is 113 Å². The third kappa shape index (κ3) is 6.20. The zero-order valence-corrected chi connectivity index (χ0v) is 11.4. The number of hydrogen-bond acceptors (Lipinski definition) is 3. The SMILES string of the molecule is CC(=O)NCCc1cc(C)cc(OC[C@H](F)CN)c1. The molecule has 0 bridgehead atoms. The average Bonchev–Trinajstić information content (AvgIpc) is 2.35. The summed E-state index contributed by atoms with van der Waals surface area (Å²) in [6.07, 6.45) is -0.434. The van der Waals surface area contributed by atoms with E-state index in [-0.39, 0.29) is 19.1 Å². The summed E-state index contributed by atoms with van der Waals surface area (Å²) in [4.78, 5) is 10.8. The highest BCUT2D eigenvalue weighted by Gasteiger charge is 2.06. The molecule has 1 rings (SSSR count). The van der Waals surface area contributed by atoms with Crippen molar-refractivity contribution in [3.05, 3.63) is 29.3 Å². The monoisotopic (exact) mass is 268 g/mol. The zero-order chi connectivity index (χ0) is 14.3. The van der Waals surface area contributed by atoms with Crippen LogP contribution < -0.4 is 15.8 Å². The van der Waals surface area contributed by atoms with Gasteiger partial charge in [0, 0.05) is 20.0 Å². The Bertz CT molecular complexity index is 424. The maximum atomic E-state index is 13.0. The quantitative estimate of drug-likeness (QED) is 0.784. The maximum Gasteiger partial charge on any atom is 0.216 e. The van der Waals surface area contributed by atoms with Crippen LogP contribution in [0.1, 0.15) is 18.1 Å². The highest BCUT2D eigenvalue weighted by atomic mass is 19.1. The first kappa shape index (κ1) is 15.4. The number of alkyl halides is 1. The third-order valence-corrected chi connectivity index (χ3v) is 2.58. The van der Waals surface area contributed by atoms with Crippen molar-refractivity contribution in [3.8, 4) is 5.75 Å². The summed E-state index contributed by atoms with van der Waals surface area (Å²) in [6.45, 7) is 3.93. The molecule has 1 aromatic rings. The van der Waals surface area contributed by atoms with Gasteiger partial charge >= 0.3 is 0 Å². The lowest BCUT2D eigenvalue weighted by atomic mass is 10.1. The molecule has 0 saturated carbocycles. The molecule has 0 aliphatic heterocycles. The van der Waals surface area contributed by atoms with Crippen LogP contribution in [-0.4, -0.2) is 31.8 Å². The Hall–Kier alpha value is -1.62. The number of ether oxygens (including phenoxy) is 1. The van der Waals surface area contributed by atoms with Crippen molar-refractivity contribution in [1.82, 2.24) is 5.32 Å². The van der Waals surface area contributed by atoms with Gasteiger partial charge in [-0.15, -0.1) is 0 Å². The van der Waals surface area contributed by atoms with Gasteiger partial charge in [0.15, 0.2) is 0 Å². The van der Waals surface area contributed by atoms with Crippen LogP contribution in [-0.2, 0) is 11.2 Å². The van der Waals surface area contributed by atoms with E-state index < -0.39 is 6.17 Å². The molecular formula is C14H21FN2O2. The second-order valence-electron chi connectivity index (χ2n) is 4.53. The van der Waals surface area contributed by atoms with Gasteiger partial charge in [0.05, 0.1) is 0 Å². The number of nitrogens with two attached hydrogens (primary N) is 1. The molecule has 0 unspecified atom stereocenters. The predicted octanol–water partition coefficient (Wildman–Crippen LogP) is 1.35. The third-order valence-electron chi connectivity index (χ3n) is 2.58. The number of carbonyl (C=O) groups excluding carboxylic acids is 1. The maximum absolute atomic E-state index is 13.0. The van der Waals surface area contributed by atoms with Crippen molar-refractivity contribution < 1.29 is 13.9 Å². The van der Waals surface area contributed by atoms with Crippen molar-refractivity contribution in [1.29, 1.82) is 0 Å². The summed E-state index contributed by atoms with van der Waals surface area (Å²) in [6, 6.07) is 5.73. The Balaban J connectivity index is 2.58. The molecule has 3 N–H and O–H groups in total. The Morgan fingerprint density at radius 1 is 1.47 bits per heavy atom. The van der Waals surface area contributed by atoms with E-state index in [1.807, 2.05) is 25.1 Å². The van der Waals surface area contributed by atoms with Gasteiger partial charge in [0.2, 0.25) is 5.91 Å². The largest absolute Gasteiger partial charge is 0.490 e. The summed E-state index contributed by atoms with van der Waals surface area (Å²) in [5, 5.41) is 2.74. The molecule has 5 heteroatoms. The molecule has 0 heterocycles. The number of benzene rings is 1. The van der Waals surface area contributed by atoms with Crippen LogP contribution in [0.25, 0.3) is 0 Å². The van der Waals surface area contributed by atoms with Gasteiger partial charge in [0.1, 0.15) is 18.5 Å². The van der Waals surface area contributed by atoms with E-state index in [0.29, 0.717) is 18.7 Å². The van der Waals surface area contributed by atoms with E-state index in [1.54, 1.807) is 0 Å². The average molecular weight is 268 g/mol. The zero-order valence-electron chi connectivity index (χ0n) is 11.4. The first-order valence-corrected chi connectivity index (χ1v) is 6.33. The summed E-state index contributed by atoms with van der Waals surface area (Å²) in [7, 11) is 0. The van der Waals surface area contributed by atoms with E-state index in [1.165, 1.54) is 6.92 Å². The molecule has 0 aromatic heterocycles. The highest BCUT2D eigenvalue weighted by molar-refractivity contribution is 5.72. The Morgan fingerprint density at radius 2 is 2.21 bits per heavy atom.